The highest BCUT2D eigenvalue weighted by atomic mass is 19.4. The van der Waals surface area contributed by atoms with E-state index in [4.69, 9.17) is 9.57 Å². The summed E-state index contributed by atoms with van der Waals surface area (Å²) in [5, 5.41) is 3.73. The second-order valence-corrected chi connectivity index (χ2v) is 6.07. The molecule has 1 aromatic rings. The van der Waals surface area contributed by atoms with E-state index in [2.05, 4.69) is 5.16 Å². The minimum atomic E-state index is -4.35. The zero-order valence-electron chi connectivity index (χ0n) is 14.2. The second-order valence-electron chi connectivity index (χ2n) is 6.07. The zero-order chi connectivity index (χ0) is 17.6. The van der Waals surface area contributed by atoms with Crippen molar-refractivity contribution in [2.24, 2.45) is 5.16 Å². The van der Waals surface area contributed by atoms with E-state index in [0.29, 0.717) is 23.6 Å². The maximum atomic E-state index is 13.4. The normalized spacial score (nSPS) is 17.0. The third kappa shape index (κ3) is 5.14. The van der Waals surface area contributed by atoms with Gasteiger partial charge in [-0.1, -0.05) is 36.6 Å². The van der Waals surface area contributed by atoms with E-state index >= 15 is 0 Å². The Balaban J connectivity index is 2.15. The van der Waals surface area contributed by atoms with E-state index in [1.54, 1.807) is 19.1 Å². The quantitative estimate of drug-likeness (QED) is 0.393. The Labute approximate surface area is 140 Å². The lowest BCUT2D eigenvalue weighted by atomic mass is 9.81. The molecule has 0 atom stereocenters. The first kappa shape index (κ1) is 18.6. The standard InChI is InChI=1S/C18H24F3NO2/c1-3-23-13(2)22-24-12-14-9-10-16(15-7-5-4-6-8-15)17(11-14)18(19,20)21/h9-11,15H,3-8,12H2,1-2H3/b22-13-. The SMILES string of the molecule is CCO/C(C)=N\OCc1ccc(C2CCCCC2)c(C(F)(F)F)c1. The summed E-state index contributed by atoms with van der Waals surface area (Å²) in [5.41, 5.74) is 0.330. The average molecular weight is 343 g/mol. The Morgan fingerprint density at radius 1 is 1.21 bits per heavy atom. The van der Waals surface area contributed by atoms with Crippen LogP contribution in [0, 0.1) is 0 Å². The smallest absolute Gasteiger partial charge is 0.416 e. The van der Waals surface area contributed by atoms with Crippen LogP contribution in [0.5, 0.6) is 0 Å². The number of nitrogens with zero attached hydrogens (tertiary/aromatic N) is 1. The third-order valence-electron chi connectivity index (χ3n) is 4.25. The molecule has 0 aromatic heterocycles. The van der Waals surface area contributed by atoms with Gasteiger partial charge in [0.05, 0.1) is 12.2 Å². The molecule has 134 valence electrons. The summed E-state index contributed by atoms with van der Waals surface area (Å²) in [5.74, 6) is 0.357. The van der Waals surface area contributed by atoms with Crippen LogP contribution < -0.4 is 0 Å². The highest BCUT2D eigenvalue weighted by Gasteiger charge is 2.35. The third-order valence-corrected chi connectivity index (χ3v) is 4.25. The fraction of sp³-hybridized carbons (Fsp3) is 0.611. The summed E-state index contributed by atoms with van der Waals surface area (Å²) in [7, 11) is 0. The summed E-state index contributed by atoms with van der Waals surface area (Å²) in [6.07, 6.45) is 0.415. The molecule has 0 heterocycles. The van der Waals surface area contributed by atoms with E-state index in [-0.39, 0.29) is 12.5 Å². The fourth-order valence-corrected chi connectivity index (χ4v) is 3.14. The highest BCUT2D eigenvalue weighted by molar-refractivity contribution is 5.72. The summed E-state index contributed by atoms with van der Waals surface area (Å²) in [6, 6.07) is 4.50. The number of hydrogen-bond donors (Lipinski definition) is 0. The predicted octanol–water partition coefficient (Wildman–Crippen LogP) is 5.64. The summed E-state index contributed by atoms with van der Waals surface area (Å²) >= 11 is 0. The number of oxime groups is 1. The Hall–Kier alpha value is -1.72. The lowest BCUT2D eigenvalue weighted by Gasteiger charge is -2.25. The van der Waals surface area contributed by atoms with Crippen molar-refractivity contribution in [1.29, 1.82) is 0 Å². The van der Waals surface area contributed by atoms with Crippen molar-refractivity contribution >= 4 is 5.90 Å². The molecule has 0 unspecified atom stereocenters. The van der Waals surface area contributed by atoms with E-state index in [1.165, 1.54) is 6.07 Å². The molecule has 1 saturated carbocycles. The van der Waals surface area contributed by atoms with Crippen molar-refractivity contribution in [3.05, 3.63) is 34.9 Å². The summed E-state index contributed by atoms with van der Waals surface area (Å²) < 4.78 is 45.4. The van der Waals surface area contributed by atoms with Gasteiger partial charge in [0.2, 0.25) is 5.90 Å². The van der Waals surface area contributed by atoms with E-state index in [0.717, 1.165) is 32.1 Å². The van der Waals surface area contributed by atoms with Crippen molar-refractivity contribution in [1.82, 2.24) is 0 Å². The largest absolute Gasteiger partial charge is 0.479 e. The molecule has 3 nitrogen and oxygen atoms in total. The fourth-order valence-electron chi connectivity index (χ4n) is 3.14. The van der Waals surface area contributed by atoms with Crippen LogP contribution in [0.25, 0.3) is 0 Å². The Morgan fingerprint density at radius 2 is 1.92 bits per heavy atom. The number of alkyl halides is 3. The number of halogens is 3. The minimum Gasteiger partial charge on any atom is -0.479 e. The van der Waals surface area contributed by atoms with Crippen LogP contribution in [0.1, 0.15) is 68.6 Å². The first-order chi connectivity index (χ1) is 11.4. The van der Waals surface area contributed by atoms with Crippen LogP contribution in [0.4, 0.5) is 13.2 Å². The molecule has 24 heavy (non-hydrogen) atoms. The molecule has 6 heteroatoms. The molecule has 2 rings (SSSR count). The molecular weight excluding hydrogens is 319 g/mol. The van der Waals surface area contributed by atoms with Crippen molar-refractivity contribution in [3.63, 3.8) is 0 Å². The number of benzene rings is 1. The van der Waals surface area contributed by atoms with Crippen LogP contribution in [-0.4, -0.2) is 12.5 Å². The van der Waals surface area contributed by atoms with Gasteiger partial charge in [-0.3, -0.25) is 0 Å². The zero-order valence-corrected chi connectivity index (χ0v) is 14.2. The molecule has 1 aliphatic carbocycles. The van der Waals surface area contributed by atoms with Crippen molar-refractivity contribution in [2.75, 3.05) is 6.61 Å². The molecular formula is C18H24F3NO2. The molecule has 0 aliphatic heterocycles. The monoisotopic (exact) mass is 343 g/mol. The minimum absolute atomic E-state index is 0.00330. The van der Waals surface area contributed by atoms with Gasteiger partial charge in [0, 0.05) is 6.92 Å². The number of hydrogen-bond acceptors (Lipinski definition) is 3. The van der Waals surface area contributed by atoms with Gasteiger partial charge in [-0.05, 0) is 42.9 Å². The molecule has 1 aliphatic rings. The van der Waals surface area contributed by atoms with E-state index < -0.39 is 11.7 Å². The van der Waals surface area contributed by atoms with Gasteiger partial charge in [-0.2, -0.15) is 13.2 Å². The first-order valence-electron chi connectivity index (χ1n) is 8.41. The topological polar surface area (TPSA) is 30.8 Å². The number of rotatable bonds is 5. The predicted molar refractivity (Wildman–Crippen MR) is 86.8 cm³/mol. The molecule has 0 spiro atoms. The Kier molecular flexibility index (Phi) is 6.52. The van der Waals surface area contributed by atoms with E-state index in [1.807, 2.05) is 6.92 Å². The summed E-state index contributed by atoms with van der Waals surface area (Å²) in [4.78, 5) is 5.08. The van der Waals surface area contributed by atoms with Gasteiger partial charge in [0.1, 0.15) is 6.61 Å². The average Bonchev–Trinajstić information content (AvgIpc) is 2.55. The second kappa shape index (κ2) is 8.40. The molecule has 0 N–H and O–H groups in total. The molecule has 1 aromatic carbocycles. The Bertz CT molecular complexity index is 564. The van der Waals surface area contributed by atoms with Crippen LogP contribution in [0.2, 0.25) is 0 Å². The lowest BCUT2D eigenvalue weighted by Crippen LogP contribution is -2.15. The maximum absolute atomic E-state index is 13.4. The van der Waals surface area contributed by atoms with Crippen molar-refractivity contribution < 1.29 is 22.7 Å². The van der Waals surface area contributed by atoms with Crippen LogP contribution in [0.15, 0.2) is 23.4 Å². The highest BCUT2D eigenvalue weighted by Crippen LogP contribution is 2.41. The molecule has 1 fully saturated rings. The maximum Gasteiger partial charge on any atom is 0.416 e. The molecule has 0 radical (unpaired) electrons. The van der Waals surface area contributed by atoms with Gasteiger partial charge in [0.15, 0.2) is 0 Å². The molecule has 0 bridgehead atoms. The van der Waals surface area contributed by atoms with Crippen LogP contribution >= 0.6 is 0 Å². The van der Waals surface area contributed by atoms with E-state index in [9.17, 15) is 13.2 Å². The first-order valence-corrected chi connectivity index (χ1v) is 8.41. The number of ether oxygens (including phenoxy) is 1. The van der Waals surface area contributed by atoms with Gasteiger partial charge in [-0.25, -0.2) is 0 Å². The molecule has 0 saturated heterocycles. The van der Waals surface area contributed by atoms with Gasteiger partial charge >= 0.3 is 6.18 Å². The van der Waals surface area contributed by atoms with Crippen LogP contribution in [-0.2, 0) is 22.4 Å². The Morgan fingerprint density at radius 3 is 2.54 bits per heavy atom. The van der Waals surface area contributed by atoms with Gasteiger partial charge in [-0.15, -0.1) is 0 Å². The van der Waals surface area contributed by atoms with Crippen molar-refractivity contribution in [3.8, 4) is 0 Å². The van der Waals surface area contributed by atoms with Gasteiger partial charge < -0.3 is 9.57 Å². The van der Waals surface area contributed by atoms with Gasteiger partial charge in [0.25, 0.3) is 0 Å². The van der Waals surface area contributed by atoms with Crippen LogP contribution in [0.3, 0.4) is 0 Å². The lowest BCUT2D eigenvalue weighted by molar-refractivity contribution is -0.138. The van der Waals surface area contributed by atoms with Crippen molar-refractivity contribution in [2.45, 2.75) is 64.7 Å². The summed E-state index contributed by atoms with van der Waals surface area (Å²) in [6.45, 7) is 3.90. The molecule has 0 amide bonds.